The van der Waals surface area contributed by atoms with Gasteiger partial charge in [0.1, 0.15) is 0 Å². The van der Waals surface area contributed by atoms with Gasteiger partial charge in [-0.25, -0.2) is 0 Å². The lowest BCUT2D eigenvalue weighted by atomic mass is 9.96. The molecule has 1 fully saturated rings. The first-order valence-electron chi connectivity index (χ1n) is 9.53. The first-order valence-corrected chi connectivity index (χ1v) is 9.53. The molecule has 26 heavy (non-hydrogen) atoms. The molecule has 0 saturated carbocycles. The number of piperazine rings is 1. The topological polar surface area (TPSA) is 45.6 Å². The van der Waals surface area contributed by atoms with Crippen LogP contribution in [0.25, 0.3) is 11.1 Å². The summed E-state index contributed by atoms with van der Waals surface area (Å²) in [5, 5.41) is 0. The Labute approximate surface area is 153 Å². The Kier molecular flexibility index (Phi) is 4.64. The van der Waals surface area contributed by atoms with Crippen LogP contribution in [0, 0.1) is 0 Å². The standard InChI is InChI=1S/C21H25N3O2/c1-2-22-11-13-23(14-12-22)21(26)20-17(16-7-4-3-5-8-16)15-19(25)24-10-6-9-18(20)24/h3-5,7-8,15H,2,6,9-14H2,1H3. The highest BCUT2D eigenvalue weighted by atomic mass is 16.2. The molecule has 0 bridgehead atoms. The van der Waals surface area contributed by atoms with Crippen molar-refractivity contribution >= 4 is 5.91 Å². The second-order valence-corrected chi connectivity index (χ2v) is 7.07. The molecule has 5 nitrogen and oxygen atoms in total. The molecule has 4 rings (SSSR count). The normalized spacial score (nSPS) is 17.3. The number of likely N-dealkylation sites (N-methyl/N-ethyl adjacent to an activating group) is 1. The second kappa shape index (κ2) is 7.08. The second-order valence-electron chi connectivity index (χ2n) is 7.07. The molecule has 0 unspecified atom stereocenters. The molecule has 136 valence electrons. The van der Waals surface area contributed by atoms with Crippen molar-refractivity contribution < 1.29 is 4.79 Å². The van der Waals surface area contributed by atoms with E-state index < -0.39 is 0 Å². The predicted octanol–water partition coefficient (Wildman–Crippen LogP) is 2.24. The molecule has 0 spiro atoms. The van der Waals surface area contributed by atoms with Crippen molar-refractivity contribution in [1.82, 2.24) is 14.4 Å². The van der Waals surface area contributed by atoms with E-state index in [4.69, 9.17) is 0 Å². The highest BCUT2D eigenvalue weighted by Crippen LogP contribution is 2.29. The smallest absolute Gasteiger partial charge is 0.256 e. The molecular weight excluding hydrogens is 326 g/mol. The van der Waals surface area contributed by atoms with Crippen LogP contribution < -0.4 is 5.56 Å². The molecule has 3 heterocycles. The van der Waals surface area contributed by atoms with E-state index in [0.717, 1.165) is 67.9 Å². The number of pyridine rings is 1. The molecule has 1 aromatic heterocycles. The van der Waals surface area contributed by atoms with Crippen LogP contribution in [0.1, 0.15) is 29.4 Å². The van der Waals surface area contributed by atoms with Crippen molar-refractivity contribution in [2.24, 2.45) is 0 Å². The Balaban J connectivity index is 1.78. The van der Waals surface area contributed by atoms with Crippen LogP contribution in [0.4, 0.5) is 0 Å². The number of fused-ring (bicyclic) bond motifs is 1. The Morgan fingerprint density at radius 1 is 1.04 bits per heavy atom. The van der Waals surface area contributed by atoms with Gasteiger partial charge in [0, 0.05) is 50.0 Å². The van der Waals surface area contributed by atoms with E-state index in [1.807, 2.05) is 35.2 Å². The van der Waals surface area contributed by atoms with Gasteiger partial charge in [0.15, 0.2) is 0 Å². The minimum Gasteiger partial charge on any atom is -0.336 e. The minimum atomic E-state index is 0.00343. The SMILES string of the molecule is CCN1CCN(C(=O)c2c(-c3ccccc3)cc(=O)n3c2CCC3)CC1. The third-order valence-corrected chi connectivity index (χ3v) is 5.62. The average molecular weight is 351 g/mol. The quantitative estimate of drug-likeness (QED) is 0.852. The molecule has 0 radical (unpaired) electrons. The maximum Gasteiger partial charge on any atom is 0.256 e. The summed E-state index contributed by atoms with van der Waals surface area (Å²) in [7, 11) is 0. The van der Waals surface area contributed by atoms with E-state index in [1.54, 1.807) is 10.6 Å². The summed E-state index contributed by atoms with van der Waals surface area (Å²) in [5.74, 6) is 0.0743. The number of benzene rings is 1. The Morgan fingerprint density at radius 3 is 2.46 bits per heavy atom. The first kappa shape index (κ1) is 17.0. The Hall–Kier alpha value is -2.40. The van der Waals surface area contributed by atoms with Crippen LogP contribution in [-0.2, 0) is 13.0 Å². The van der Waals surface area contributed by atoms with Crippen LogP contribution >= 0.6 is 0 Å². The zero-order valence-corrected chi connectivity index (χ0v) is 15.3. The van der Waals surface area contributed by atoms with E-state index in [1.165, 1.54) is 0 Å². The van der Waals surface area contributed by atoms with E-state index in [2.05, 4.69) is 11.8 Å². The summed E-state index contributed by atoms with van der Waals surface area (Å²) in [6, 6.07) is 11.5. The molecule has 0 N–H and O–H groups in total. The monoisotopic (exact) mass is 351 g/mol. The first-order chi connectivity index (χ1) is 12.7. The van der Waals surface area contributed by atoms with Gasteiger partial charge in [0.2, 0.25) is 0 Å². The number of carbonyl (C=O) groups excluding carboxylic acids is 1. The predicted molar refractivity (Wildman–Crippen MR) is 102 cm³/mol. The summed E-state index contributed by atoms with van der Waals surface area (Å²) in [5.41, 5.74) is 3.38. The lowest BCUT2D eigenvalue weighted by molar-refractivity contribution is 0.0642. The van der Waals surface area contributed by atoms with Gasteiger partial charge in [-0.3, -0.25) is 9.59 Å². The zero-order valence-electron chi connectivity index (χ0n) is 15.3. The van der Waals surface area contributed by atoms with Gasteiger partial charge in [-0.2, -0.15) is 0 Å². The van der Waals surface area contributed by atoms with Gasteiger partial charge in [0.25, 0.3) is 11.5 Å². The zero-order chi connectivity index (χ0) is 18.1. The highest BCUT2D eigenvalue weighted by Gasteiger charge is 2.29. The molecular formula is C21H25N3O2. The minimum absolute atomic E-state index is 0.00343. The molecule has 2 aliphatic heterocycles. The van der Waals surface area contributed by atoms with Crippen molar-refractivity contribution in [3.8, 4) is 11.1 Å². The summed E-state index contributed by atoms with van der Waals surface area (Å²) in [6.45, 7) is 7.22. The number of nitrogens with zero attached hydrogens (tertiary/aromatic N) is 3. The van der Waals surface area contributed by atoms with Crippen LogP contribution in [0.2, 0.25) is 0 Å². The van der Waals surface area contributed by atoms with E-state index in [9.17, 15) is 9.59 Å². The van der Waals surface area contributed by atoms with Gasteiger partial charge < -0.3 is 14.4 Å². The van der Waals surface area contributed by atoms with Gasteiger partial charge in [-0.05, 0) is 24.9 Å². The molecule has 1 aromatic carbocycles. The van der Waals surface area contributed by atoms with Gasteiger partial charge >= 0.3 is 0 Å². The van der Waals surface area contributed by atoms with Gasteiger partial charge in [-0.1, -0.05) is 37.3 Å². The number of hydrogen-bond donors (Lipinski definition) is 0. The maximum atomic E-state index is 13.5. The fraction of sp³-hybridized carbons (Fsp3) is 0.429. The van der Waals surface area contributed by atoms with Crippen molar-refractivity contribution in [2.75, 3.05) is 32.7 Å². The van der Waals surface area contributed by atoms with Crippen LogP contribution in [0.15, 0.2) is 41.2 Å². The molecule has 2 aromatic rings. The van der Waals surface area contributed by atoms with E-state index >= 15 is 0 Å². The summed E-state index contributed by atoms with van der Waals surface area (Å²) < 4.78 is 1.79. The molecule has 1 amide bonds. The molecule has 0 aliphatic carbocycles. The largest absolute Gasteiger partial charge is 0.336 e. The van der Waals surface area contributed by atoms with Gasteiger partial charge in [0.05, 0.1) is 5.56 Å². The van der Waals surface area contributed by atoms with Crippen LogP contribution in [0.5, 0.6) is 0 Å². The number of carbonyl (C=O) groups is 1. The average Bonchev–Trinajstić information content (AvgIpc) is 3.18. The van der Waals surface area contributed by atoms with Crippen molar-refractivity contribution in [3.63, 3.8) is 0 Å². The molecule has 0 atom stereocenters. The third kappa shape index (κ3) is 2.97. The molecule has 1 saturated heterocycles. The summed E-state index contributed by atoms with van der Waals surface area (Å²) in [4.78, 5) is 30.3. The highest BCUT2D eigenvalue weighted by molar-refractivity contribution is 6.02. The maximum absolute atomic E-state index is 13.5. The Morgan fingerprint density at radius 2 is 1.77 bits per heavy atom. The van der Waals surface area contributed by atoms with Crippen molar-refractivity contribution in [3.05, 3.63) is 58.0 Å². The van der Waals surface area contributed by atoms with Gasteiger partial charge in [-0.15, -0.1) is 0 Å². The van der Waals surface area contributed by atoms with Crippen LogP contribution in [-0.4, -0.2) is 53.0 Å². The van der Waals surface area contributed by atoms with E-state index in [-0.39, 0.29) is 11.5 Å². The summed E-state index contributed by atoms with van der Waals surface area (Å²) in [6.07, 6.45) is 1.73. The molecule has 5 heteroatoms. The number of amides is 1. The Bertz CT molecular complexity index is 865. The lowest BCUT2D eigenvalue weighted by Gasteiger charge is -2.34. The number of hydrogen-bond acceptors (Lipinski definition) is 3. The number of aromatic nitrogens is 1. The third-order valence-electron chi connectivity index (χ3n) is 5.62. The summed E-state index contributed by atoms with van der Waals surface area (Å²) >= 11 is 0. The van der Waals surface area contributed by atoms with Crippen LogP contribution in [0.3, 0.4) is 0 Å². The van der Waals surface area contributed by atoms with Crippen molar-refractivity contribution in [2.45, 2.75) is 26.3 Å². The number of rotatable bonds is 3. The lowest BCUT2D eigenvalue weighted by Crippen LogP contribution is -2.49. The van der Waals surface area contributed by atoms with Crippen molar-refractivity contribution in [1.29, 1.82) is 0 Å². The molecule has 2 aliphatic rings. The fourth-order valence-corrected chi connectivity index (χ4v) is 4.12. The van der Waals surface area contributed by atoms with E-state index in [0.29, 0.717) is 6.54 Å². The fourth-order valence-electron chi connectivity index (χ4n) is 4.12.